The number of likely N-dealkylation sites (tertiary alicyclic amines) is 1. The molecule has 0 radical (unpaired) electrons. The van der Waals surface area contributed by atoms with Crippen molar-refractivity contribution >= 4 is 15.7 Å². The number of unbranched alkanes of at least 4 members (excludes halogenated alkanes) is 2. The number of carbonyl (C=O) groups excluding carboxylic acids is 1. The number of piperidine rings is 1. The molecule has 1 aromatic rings. The highest BCUT2D eigenvalue weighted by atomic mass is 32.2. The predicted molar refractivity (Wildman–Crippen MR) is 113 cm³/mol. The molecule has 1 saturated heterocycles. The lowest BCUT2D eigenvalue weighted by atomic mass is 9.90. The summed E-state index contributed by atoms with van der Waals surface area (Å²) in [6, 6.07) is 8.27. The van der Waals surface area contributed by atoms with Crippen molar-refractivity contribution in [3.63, 3.8) is 0 Å². The Morgan fingerprint density at radius 3 is 2.39 bits per heavy atom. The van der Waals surface area contributed by atoms with E-state index >= 15 is 0 Å². The van der Waals surface area contributed by atoms with E-state index in [1.54, 1.807) is 4.90 Å². The van der Waals surface area contributed by atoms with E-state index in [0.717, 1.165) is 44.3 Å². The van der Waals surface area contributed by atoms with E-state index in [4.69, 9.17) is 4.74 Å². The van der Waals surface area contributed by atoms with E-state index in [1.807, 2.05) is 26.0 Å². The number of amides is 1. The third-order valence-corrected chi connectivity index (χ3v) is 7.04. The number of rotatable bonds is 11. The Labute approximate surface area is 170 Å². The third kappa shape index (κ3) is 7.82. The van der Waals surface area contributed by atoms with Gasteiger partial charge in [-0.15, -0.1) is 0 Å². The van der Waals surface area contributed by atoms with Gasteiger partial charge in [0.2, 0.25) is 5.91 Å². The van der Waals surface area contributed by atoms with Crippen molar-refractivity contribution in [3.05, 3.63) is 29.8 Å². The average molecular weight is 410 g/mol. The van der Waals surface area contributed by atoms with Crippen LogP contribution in [0.2, 0.25) is 0 Å². The maximum Gasteiger partial charge on any atom is 0.237 e. The molecule has 0 saturated carbocycles. The molecule has 2 rings (SSSR count). The van der Waals surface area contributed by atoms with Crippen molar-refractivity contribution in [1.29, 1.82) is 0 Å². The van der Waals surface area contributed by atoms with Gasteiger partial charge >= 0.3 is 0 Å². The summed E-state index contributed by atoms with van der Waals surface area (Å²) in [7, 11) is -3.27. The minimum atomic E-state index is -3.27. The number of carbonyl (C=O) groups is 1. The van der Waals surface area contributed by atoms with Crippen LogP contribution in [0.25, 0.3) is 0 Å². The van der Waals surface area contributed by atoms with Gasteiger partial charge in [0, 0.05) is 13.1 Å². The van der Waals surface area contributed by atoms with Gasteiger partial charge in [-0.1, -0.05) is 31.9 Å². The van der Waals surface area contributed by atoms with Crippen LogP contribution in [0, 0.1) is 5.92 Å². The molecule has 28 heavy (non-hydrogen) atoms. The van der Waals surface area contributed by atoms with Crippen LogP contribution in [-0.4, -0.2) is 50.4 Å². The fourth-order valence-electron chi connectivity index (χ4n) is 3.68. The molecule has 158 valence electrons. The Balaban J connectivity index is 1.71. The summed E-state index contributed by atoms with van der Waals surface area (Å²) in [6.45, 7) is 6.05. The summed E-state index contributed by atoms with van der Waals surface area (Å²) < 4.78 is 29.7. The van der Waals surface area contributed by atoms with E-state index in [9.17, 15) is 13.2 Å². The molecule has 1 amide bonds. The van der Waals surface area contributed by atoms with Gasteiger partial charge in [-0.2, -0.15) is 0 Å². The molecule has 0 aliphatic carbocycles. The van der Waals surface area contributed by atoms with Crippen molar-refractivity contribution in [2.24, 2.45) is 5.92 Å². The zero-order chi connectivity index (χ0) is 20.4. The first-order chi connectivity index (χ1) is 13.4. The summed E-state index contributed by atoms with van der Waals surface area (Å²) in [5.41, 5.74) is 1.31. The van der Waals surface area contributed by atoms with Gasteiger partial charge < -0.3 is 9.64 Å². The molecule has 1 heterocycles. The predicted octanol–water partition coefficient (Wildman–Crippen LogP) is 3.86. The van der Waals surface area contributed by atoms with Crippen molar-refractivity contribution < 1.29 is 17.9 Å². The Hall–Kier alpha value is -1.56. The summed E-state index contributed by atoms with van der Waals surface area (Å²) in [5.74, 6) is 1.08. The lowest BCUT2D eigenvalue weighted by Crippen LogP contribution is -2.41. The van der Waals surface area contributed by atoms with Gasteiger partial charge in [-0.3, -0.25) is 4.79 Å². The first-order valence-electron chi connectivity index (χ1n) is 10.6. The van der Waals surface area contributed by atoms with Crippen LogP contribution in [0.1, 0.15) is 57.9 Å². The quantitative estimate of drug-likeness (QED) is 0.521. The molecule has 0 N–H and O–H groups in total. The van der Waals surface area contributed by atoms with Crippen LogP contribution in [-0.2, 0) is 21.1 Å². The molecule has 1 aliphatic rings. The zero-order valence-corrected chi connectivity index (χ0v) is 18.2. The van der Waals surface area contributed by atoms with Crippen molar-refractivity contribution in [1.82, 2.24) is 4.90 Å². The first-order valence-corrected chi connectivity index (χ1v) is 12.5. The number of hydrogen-bond donors (Lipinski definition) is 0. The van der Waals surface area contributed by atoms with Crippen molar-refractivity contribution in [3.8, 4) is 5.75 Å². The molecule has 0 spiro atoms. The first kappa shape index (κ1) is 22.7. The summed E-state index contributed by atoms with van der Waals surface area (Å²) in [5, 5.41) is 0. The lowest BCUT2D eigenvalue weighted by Gasteiger charge is -2.32. The number of sulfone groups is 1. The topological polar surface area (TPSA) is 63.7 Å². The molecule has 6 heteroatoms. The lowest BCUT2D eigenvalue weighted by molar-refractivity contribution is -0.129. The minimum absolute atomic E-state index is 0.130. The fraction of sp³-hybridized carbons (Fsp3) is 0.682. The Morgan fingerprint density at radius 1 is 1.11 bits per heavy atom. The minimum Gasteiger partial charge on any atom is -0.494 e. The second kappa shape index (κ2) is 11.4. The fourth-order valence-corrected chi connectivity index (χ4v) is 5.03. The number of benzene rings is 1. The molecule has 0 atom stereocenters. The number of ether oxygens (including phenoxy) is 1. The normalized spacial score (nSPS) is 15.6. The van der Waals surface area contributed by atoms with Crippen LogP contribution in [0.3, 0.4) is 0 Å². The van der Waals surface area contributed by atoms with Gasteiger partial charge in [-0.05, 0) is 62.6 Å². The van der Waals surface area contributed by atoms with E-state index in [1.165, 1.54) is 5.56 Å². The standard InChI is InChI=1S/C22H35NO4S/c1-3-5-6-17-28(25,26)18-22(24)23-15-13-20(14-16-23)8-7-19-9-11-21(12-10-19)27-4-2/h9-12,20H,3-8,13-18H2,1-2H3. The maximum atomic E-state index is 12.4. The molecule has 1 aliphatic heterocycles. The Morgan fingerprint density at radius 2 is 1.79 bits per heavy atom. The van der Waals surface area contributed by atoms with Crippen LogP contribution in [0.5, 0.6) is 5.75 Å². The van der Waals surface area contributed by atoms with Crippen LogP contribution in [0.15, 0.2) is 24.3 Å². The van der Waals surface area contributed by atoms with Gasteiger partial charge in [-0.25, -0.2) is 8.42 Å². The van der Waals surface area contributed by atoms with Crippen LogP contribution < -0.4 is 4.74 Å². The van der Waals surface area contributed by atoms with Crippen molar-refractivity contribution in [2.45, 2.75) is 58.8 Å². The summed E-state index contributed by atoms with van der Waals surface area (Å²) in [4.78, 5) is 14.1. The van der Waals surface area contributed by atoms with Gasteiger partial charge in [0.1, 0.15) is 11.5 Å². The highest BCUT2D eigenvalue weighted by molar-refractivity contribution is 7.92. The van der Waals surface area contributed by atoms with Crippen LogP contribution >= 0.6 is 0 Å². The highest BCUT2D eigenvalue weighted by Crippen LogP contribution is 2.23. The summed E-state index contributed by atoms with van der Waals surface area (Å²) >= 11 is 0. The largest absolute Gasteiger partial charge is 0.494 e. The molecule has 1 aromatic carbocycles. The van der Waals surface area contributed by atoms with Gasteiger partial charge in [0.15, 0.2) is 9.84 Å². The molecule has 1 fully saturated rings. The maximum absolute atomic E-state index is 12.4. The van der Waals surface area contributed by atoms with E-state index in [0.29, 0.717) is 32.0 Å². The monoisotopic (exact) mass is 409 g/mol. The molecule has 0 aromatic heterocycles. The molecule has 5 nitrogen and oxygen atoms in total. The Bertz CT molecular complexity index is 692. The second-order valence-corrected chi connectivity index (χ2v) is 9.92. The van der Waals surface area contributed by atoms with Gasteiger partial charge in [0.25, 0.3) is 0 Å². The van der Waals surface area contributed by atoms with E-state index in [2.05, 4.69) is 12.1 Å². The molecular weight excluding hydrogens is 374 g/mol. The smallest absolute Gasteiger partial charge is 0.237 e. The second-order valence-electron chi connectivity index (χ2n) is 7.74. The summed E-state index contributed by atoms with van der Waals surface area (Å²) in [6.07, 6.45) is 6.57. The number of aryl methyl sites for hydroxylation is 1. The molecule has 0 bridgehead atoms. The van der Waals surface area contributed by atoms with E-state index in [-0.39, 0.29) is 17.4 Å². The zero-order valence-electron chi connectivity index (χ0n) is 17.4. The Kier molecular flexibility index (Phi) is 9.29. The third-order valence-electron chi connectivity index (χ3n) is 5.45. The van der Waals surface area contributed by atoms with Gasteiger partial charge in [0.05, 0.1) is 12.4 Å². The molecule has 0 unspecified atom stereocenters. The van der Waals surface area contributed by atoms with E-state index < -0.39 is 9.84 Å². The average Bonchev–Trinajstić information content (AvgIpc) is 2.68. The number of nitrogens with zero attached hydrogens (tertiary/aromatic N) is 1. The molecular formula is C22H35NO4S. The highest BCUT2D eigenvalue weighted by Gasteiger charge is 2.26. The number of hydrogen-bond acceptors (Lipinski definition) is 4. The van der Waals surface area contributed by atoms with Crippen LogP contribution in [0.4, 0.5) is 0 Å². The SMILES string of the molecule is CCCCCS(=O)(=O)CC(=O)N1CCC(CCc2ccc(OCC)cc2)CC1. The van der Waals surface area contributed by atoms with Crippen molar-refractivity contribution in [2.75, 3.05) is 31.2 Å².